The highest BCUT2D eigenvalue weighted by atomic mass is 16.1. The first kappa shape index (κ1) is 13.5. The van der Waals surface area contributed by atoms with Crippen molar-refractivity contribution in [3.05, 3.63) is 0 Å². The molecule has 2 atom stereocenters. The van der Waals surface area contributed by atoms with Crippen LogP contribution in [0.4, 0.5) is 0 Å². The van der Waals surface area contributed by atoms with Gasteiger partial charge in [0.15, 0.2) is 0 Å². The summed E-state index contributed by atoms with van der Waals surface area (Å²) in [6, 6.07) is 0.965. The van der Waals surface area contributed by atoms with E-state index in [9.17, 15) is 4.79 Å². The summed E-state index contributed by atoms with van der Waals surface area (Å²) in [4.78, 5) is 11.6. The lowest BCUT2D eigenvalue weighted by Crippen LogP contribution is -2.48. The Bertz CT molecular complexity index is 198. The van der Waals surface area contributed by atoms with E-state index in [1.165, 1.54) is 25.7 Å². The minimum Gasteiger partial charge on any atom is -0.352 e. The number of piperidine rings is 1. The summed E-state index contributed by atoms with van der Waals surface area (Å²) in [6.07, 6.45) is 7.68. The molecule has 0 spiro atoms. The number of hydrogen-bond acceptors (Lipinski definition) is 2. The number of carbonyl (C=O) groups excluding carboxylic acids is 1. The number of amides is 1. The highest BCUT2D eigenvalue weighted by Gasteiger charge is 2.18. The molecule has 1 heterocycles. The molecule has 3 heteroatoms. The Balaban J connectivity index is 2.05. The van der Waals surface area contributed by atoms with Crippen LogP contribution in [0.2, 0.25) is 0 Å². The molecule has 0 saturated carbocycles. The number of nitrogens with one attached hydrogen (secondary N) is 2. The van der Waals surface area contributed by atoms with Gasteiger partial charge in [0.05, 0.1) is 0 Å². The topological polar surface area (TPSA) is 41.1 Å². The smallest absolute Gasteiger partial charge is 0.220 e. The largest absolute Gasteiger partial charge is 0.352 e. The van der Waals surface area contributed by atoms with E-state index in [0.29, 0.717) is 18.5 Å². The van der Waals surface area contributed by atoms with Crippen LogP contribution >= 0.6 is 0 Å². The van der Waals surface area contributed by atoms with E-state index < -0.39 is 0 Å². The third-order valence-electron chi connectivity index (χ3n) is 3.28. The van der Waals surface area contributed by atoms with Gasteiger partial charge >= 0.3 is 0 Å². The molecule has 2 N–H and O–H groups in total. The third-order valence-corrected chi connectivity index (χ3v) is 3.28. The van der Waals surface area contributed by atoms with E-state index in [1.807, 2.05) is 0 Å². The summed E-state index contributed by atoms with van der Waals surface area (Å²) in [6.45, 7) is 5.32. The summed E-state index contributed by atoms with van der Waals surface area (Å²) in [5.74, 6) is 0.234. The Morgan fingerprint density at radius 1 is 1.31 bits per heavy atom. The van der Waals surface area contributed by atoms with Gasteiger partial charge < -0.3 is 10.6 Å². The van der Waals surface area contributed by atoms with Crippen molar-refractivity contribution in [3.8, 4) is 0 Å². The lowest BCUT2D eigenvalue weighted by molar-refractivity contribution is -0.122. The second-order valence-electron chi connectivity index (χ2n) is 4.96. The molecule has 1 fully saturated rings. The molecule has 16 heavy (non-hydrogen) atoms. The molecule has 0 aromatic heterocycles. The molecule has 1 rings (SSSR count). The summed E-state index contributed by atoms with van der Waals surface area (Å²) in [5, 5.41) is 6.51. The van der Waals surface area contributed by atoms with Crippen molar-refractivity contribution in [3.63, 3.8) is 0 Å². The van der Waals surface area contributed by atoms with Gasteiger partial charge in [-0.15, -0.1) is 0 Å². The van der Waals surface area contributed by atoms with Crippen molar-refractivity contribution in [2.24, 2.45) is 0 Å². The Morgan fingerprint density at radius 3 is 2.75 bits per heavy atom. The lowest BCUT2D eigenvalue weighted by Gasteiger charge is -2.28. The van der Waals surface area contributed by atoms with E-state index >= 15 is 0 Å². The van der Waals surface area contributed by atoms with Crippen LogP contribution in [0.5, 0.6) is 0 Å². The van der Waals surface area contributed by atoms with Crippen molar-refractivity contribution < 1.29 is 4.79 Å². The highest BCUT2D eigenvalue weighted by molar-refractivity contribution is 5.76. The van der Waals surface area contributed by atoms with Crippen LogP contribution in [0.25, 0.3) is 0 Å². The van der Waals surface area contributed by atoms with Gasteiger partial charge in [0, 0.05) is 25.0 Å². The Hall–Kier alpha value is -0.570. The van der Waals surface area contributed by atoms with Crippen LogP contribution in [-0.2, 0) is 4.79 Å². The highest BCUT2D eigenvalue weighted by Crippen LogP contribution is 2.08. The van der Waals surface area contributed by atoms with E-state index in [2.05, 4.69) is 24.5 Å². The van der Waals surface area contributed by atoms with Gasteiger partial charge in [0.2, 0.25) is 5.91 Å². The van der Waals surface area contributed by atoms with E-state index in [4.69, 9.17) is 0 Å². The first-order valence-corrected chi connectivity index (χ1v) is 6.75. The maximum atomic E-state index is 11.6. The van der Waals surface area contributed by atoms with Crippen molar-refractivity contribution in [2.45, 2.75) is 70.9 Å². The molecular formula is C13H26N2O. The zero-order valence-corrected chi connectivity index (χ0v) is 10.7. The molecule has 1 aliphatic rings. The third kappa shape index (κ3) is 5.50. The van der Waals surface area contributed by atoms with Crippen LogP contribution in [0.15, 0.2) is 0 Å². The first-order valence-electron chi connectivity index (χ1n) is 6.75. The minimum absolute atomic E-state index is 0.234. The summed E-state index contributed by atoms with van der Waals surface area (Å²) < 4.78 is 0. The molecule has 0 aromatic rings. The van der Waals surface area contributed by atoms with Gasteiger partial charge in [-0.1, -0.05) is 26.2 Å². The van der Waals surface area contributed by atoms with Gasteiger partial charge in [-0.3, -0.25) is 4.79 Å². The first-order chi connectivity index (χ1) is 7.72. The fourth-order valence-corrected chi connectivity index (χ4v) is 2.13. The molecule has 1 saturated heterocycles. The average molecular weight is 226 g/mol. The number of rotatable bonds is 6. The van der Waals surface area contributed by atoms with Crippen molar-refractivity contribution in [1.29, 1.82) is 0 Å². The molecule has 0 aliphatic carbocycles. The van der Waals surface area contributed by atoms with E-state index in [1.54, 1.807) is 0 Å². The second-order valence-corrected chi connectivity index (χ2v) is 4.96. The lowest BCUT2D eigenvalue weighted by atomic mass is 10.0. The number of unbranched alkanes of at least 4 members (excludes halogenated alkanes) is 3. The average Bonchev–Trinajstić information content (AvgIpc) is 2.28. The normalized spacial score (nSPS) is 25.4. The van der Waals surface area contributed by atoms with Gasteiger partial charge in [0.25, 0.3) is 0 Å². The summed E-state index contributed by atoms with van der Waals surface area (Å²) >= 11 is 0. The molecule has 0 aromatic carbocycles. The van der Waals surface area contributed by atoms with Gasteiger partial charge in [-0.25, -0.2) is 0 Å². The molecule has 94 valence electrons. The molecule has 0 bridgehead atoms. The molecule has 2 unspecified atom stereocenters. The maximum absolute atomic E-state index is 11.6. The zero-order chi connectivity index (χ0) is 11.8. The Labute approximate surface area is 99.4 Å². The molecular weight excluding hydrogens is 200 g/mol. The second kappa shape index (κ2) is 7.66. The van der Waals surface area contributed by atoms with E-state index in [-0.39, 0.29) is 5.91 Å². The monoisotopic (exact) mass is 226 g/mol. The van der Waals surface area contributed by atoms with Crippen molar-refractivity contribution in [1.82, 2.24) is 10.6 Å². The van der Waals surface area contributed by atoms with Crippen LogP contribution in [-0.4, -0.2) is 24.5 Å². The molecule has 3 nitrogen and oxygen atoms in total. The van der Waals surface area contributed by atoms with Crippen LogP contribution < -0.4 is 10.6 Å². The predicted octanol–water partition coefficient (Wildman–Crippen LogP) is 2.21. The fourth-order valence-electron chi connectivity index (χ4n) is 2.13. The van der Waals surface area contributed by atoms with Crippen molar-refractivity contribution >= 4 is 5.91 Å². The Kier molecular flexibility index (Phi) is 6.46. The van der Waals surface area contributed by atoms with Crippen LogP contribution in [0.1, 0.15) is 58.8 Å². The maximum Gasteiger partial charge on any atom is 0.220 e. The van der Waals surface area contributed by atoms with Gasteiger partial charge in [-0.2, -0.15) is 0 Å². The van der Waals surface area contributed by atoms with Gasteiger partial charge in [-0.05, 0) is 26.2 Å². The van der Waals surface area contributed by atoms with Crippen molar-refractivity contribution in [2.75, 3.05) is 6.54 Å². The number of carbonyl (C=O) groups is 1. The van der Waals surface area contributed by atoms with Gasteiger partial charge in [0.1, 0.15) is 0 Å². The van der Waals surface area contributed by atoms with Crippen LogP contribution in [0.3, 0.4) is 0 Å². The summed E-state index contributed by atoms with van der Waals surface area (Å²) in [5.41, 5.74) is 0. The quantitative estimate of drug-likeness (QED) is 0.682. The molecule has 1 aliphatic heterocycles. The molecule has 1 amide bonds. The summed E-state index contributed by atoms with van der Waals surface area (Å²) in [7, 11) is 0. The Morgan fingerprint density at radius 2 is 2.12 bits per heavy atom. The molecule has 0 radical (unpaired) electrons. The SMILES string of the molecule is CCCCCCC(=O)NC1CCC(C)NC1. The van der Waals surface area contributed by atoms with E-state index in [0.717, 1.165) is 19.4 Å². The fraction of sp³-hybridized carbons (Fsp3) is 0.923. The standard InChI is InChI=1S/C13H26N2O/c1-3-4-5-6-7-13(16)15-12-9-8-11(2)14-10-12/h11-12,14H,3-10H2,1-2H3,(H,15,16). The minimum atomic E-state index is 0.234. The predicted molar refractivity (Wildman–Crippen MR) is 67.4 cm³/mol. The van der Waals surface area contributed by atoms with Crippen LogP contribution in [0, 0.1) is 0 Å². The zero-order valence-electron chi connectivity index (χ0n) is 10.7. The number of hydrogen-bond donors (Lipinski definition) is 2.